The van der Waals surface area contributed by atoms with E-state index in [1.807, 2.05) is 23.1 Å². The molecule has 1 aliphatic rings. The zero-order valence-corrected chi connectivity index (χ0v) is 16.5. The van der Waals surface area contributed by atoms with Crippen molar-refractivity contribution in [3.05, 3.63) is 72.6 Å². The first-order valence-corrected chi connectivity index (χ1v) is 10.6. The molecule has 4 aromatic rings. The van der Waals surface area contributed by atoms with Gasteiger partial charge < -0.3 is 10.2 Å². The highest BCUT2D eigenvalue weighted by atomic mass is 32.1. The van der Waals surface area contributed by atoms with Gasteiger partial charge >= 0.3 is 0 Å². The van der Waals surface area contributed by atoms with Crippen LogP contribution in [0.1, 0.15) is 18.4 Å². The summed E-state index contributed by atoms with van der Waals surface area (Å²) in [6.45, 7) is 2.97. The molecule has 1 atom stereocenters. The highest BCUT2D eigenvalue weighted by Crippen LogP contribution is 2.30. The Hall–Kier alpha value is -2.70. The Kier molecular flexibility index (Phi) is 4.81. The van der Waals surface area contributed by atoms with Crippen LogP contribution >= 0.6 is 11.3 Å². The number of nitrogens with zero attached hydrogens (tertiary/aromatic N) is 4. The highest BCUT2D eigenvalue weighted by Gasteiger charge is 2.22. The first kappa shape index (κ1) is 17.4. The van der Waals surface area contributed by atoms with Crippen LogP contribution in [-0.2, 0) is 6.54 Å². The molecule has 28 heavy (non-hydrogen) atoms. The second-order valence-electron chi connectivity index (χ2n) is 7.25. The molecule has 3 heterocycles. The van der Waals surface area contributed by atoms with Gasteiger partial charge in [-0.2, -0.15) is 5.10 Å². The number of hydrogen-bond donors (Lipinski definition) is 1. The second kappa shape index (κ2) is 7.73. The van der Waals surface area contributed by atoms with Crippen molar-refractivity contribution < 1.29 is 0 Å². The maximum atomic E-state index is 4.84. The fraction of sp³-hybridized carbons (Fsp3) is 0.273. The summed E-state index contributed by atoms with van der Waals surface area (Å²) < 4.78 is 3.17. The van der Waals surface area contributed by atoms with Gasteiger partial charge in [-0.1, -0.05) is 35.6 Å². The van der Waals surface area contributed by atoms with E-state index in [1.165, 1.54) is 23.1 Å². The average molecular weight is 390 g/mol. The minimum Gasteiger partial charge on any atom is -0.347 e. The van der Waals surface area contributed by atoms with E-state index in [2.05, 4.69) is 63.8 Å². The van der Waals surface area contributed by atoms with E-state index in [0.717, 1.165) is 36.0 Å². The number of hydrogen-bond acceptors (Lipinski definition) is 5. The maximum Gasteiger partial charge on any atom is 0.186 e. The molecule has 5 nitrogen and oxygen atoms in total. The van der Waals surface area contributed by atoms with Crippen molar-refractivity contribution in [1.82, 2.24) is 20.1 Å². The maximum absolute atomic E-state index is 4.84. The van der Waals surface area contributed by atoms with Gasteiger partial charge in [0.05, 0.1) is 15.9 Å². The third kappa shape index (κ3) is 3.66. The van der Waals surface area contributed by atoms with Crippen LogP contribution in [0.25, 0.3) is 15.9 Å². The molecular weight excluding hydrogens is 366 g/mol. The summed E-state index contributed by atoms with van der Waals surface area (Å²) in [6, 6.07) is 19.4. The zero-order chi connectivity index (χ0) is 18.8. The average Bonchev–Trinajstić information content (AvgIpc) is 3.43. The van der Waals surface area contributed by atoms with Crippen molar-refractivity contribution in [1.29, 1.82) is 0 Å². The van der Waals surface area contributed by atoms with Crippen molar-refractivity contribution in [2.45, 2.75) is 25.4 Å². The summed E-state index contributed by atoms with van der Waals surface area (Å²) in [4.78, 5) is 7.27. The molecule has 5 rings (SSSR count). The van der Waals surface area contributed by atoms with E-state index in [4.69, 9.17) is 4.98 Å². The first-order valence-electron chi connectivity index (χ1n) is 9.78. The number of aromatic nitrogens is 3. The molecule has 1 N–H and O–H groups in total. The highest BCUT2D eigenvalue weighted by molar-refractivity contribution is 7.22. The van der Waals surface area contributed by atoms with E-state index in [-0.39, 0.29) is 0 Å². The number of nitrogens with one attached hydrogen (secondary N) is 1. The van der Waals surface area contributed by atoms with Crippen LogP contribution in [0.3, 0.4) is 0 Å². The van der Waals surface area contributed by atoms with E-state index >= 15 is 0 Å². The van der Waals surface area contributed by atoms with Crippen LogP contribution in [0, 0.1) is 0 Å². The Labute approximate surface area is 168 Å². The van der Waals surface area contributed by atoms with Crippen LogP contribution < -0.4 is 10.2 Å². The lowest BCUT2D eigenvalue weighted by molar-refractivity contribution is 0.421. The molecule has 2 aromatic heterocycles. The van der Waals surface area contributed by atoms with Gasteiger partial charge in [0.25, 0.3) is 0 Å². The van der Waals surface area contributed by atoms with Crippen LogP contribution in [0.15, 0.2) is 67.0 Å². The van der Waals surface area contributed by atoms with Gasteiger partial charge in [-0.15, -0.1) is 0 Å². The van der Waals surface area contributed by atoms with Gasteiger partial charge in [0.1, 0.15) is 0 Å². The Morgan fingerprint density at radius 2 is 2.07 bits per heavy atom. The van der Waals surface area contributed by atoms with E-state index in [1.54, 1.807) is 11.3 Å². The number of rotatable bonds is 5. The minimum absolute atomic E-state index is 0.481. The number of para-hydroxylation sites is 1. The number of thiazole rings is 1. The Morgan fingerprint density at radius 3 is 2.96 bits per heavy atom. The Bertz CT molecular complexity index is 1020. The molecule has 0 amide bonds. The summed E-state index contributed by atoms with van der Waals surface area (Å²) in [5, 5.41) is 9.22. The summed E-state index contributed by atoms with van der Waals surface area (Å²) >= 11 is 1.80. The summed E-state index contributed by atoms with van der Waals surface area (Å²) in [6.07, 6.45) is 6.19. The molecule has 0 saturated carbocycles. The molecule has 0 spiro atoms. The quantitative estimate of drug-likeness (QED) is 0.555. The number of benzene rings is 2. The lowest BCUT2D eigenvalue weighted by atomic mass is 10.1. The molecule has 1 aliphatic heterocycles. The van der Waals surface area contributed by atoms with Gasteiger partial charge in [0.2, 0.25) is 0 Å². The molecule has 1 saturated heterocycles. The summed E-state index contributed by atoms with van der Waals surface area (Å²) in [7, 11) is 0. The fourth-order valence-electron chi connectivity index (χ4n) is 3.81. The largest absolute Gasteiger partial charge is 0.347 e. The smallest absolute Gasteiger partial charge is 0.186 e. The first-order chi connectivity index (χ1) is 13.8. The van der Waals surface area contributed by atoms with Crippen molar-refractivity contribution in [2.75, 3.05) is 18.0 Å². The predicted octanol–water partition coefficient (Wildman–Crippen LogP) is 4.24. The zero-order valence-electron chi connectivity index (χ0n) is 15.7. The molecule has 2 aromatic carbocycles. The number of piperidine rings is 1. The SMILES string of the molecule is c1cc(CN[C@@H]2CCCN(c3nc4ccccc4s3)C2)cc(-n2cccn2)c1. The number of anilines is 1. The van der Waals surface area contributed by atoms with Crippen molar-refractivity contribution >= 4 is 26.7 Å². The molecule has 0 bridgehead atoms. The van der Waals surface area contributed by atoms with Crippen LogP contribution in [0.2, 0.25) is 0 Å². The summed E-state index contributed by atoms with van der Waals surface area (Å²) in [5.74, 6) is 0. The molecule has 0 aliphatic carbocycles. The van der Waals surface area contributed by atoms with Gasteiger partial charge in [0, 0.05) is 38.1 Å². The van der Waals surface area contributed by atoms with Gasteiger partial charge in [0.15, 0.2) is 5.13 Å². The van der Waals surface area contributed by atoms with Gasteiger partial charge in [-0.25, -0.2) is 9.67 Å². The van der Waals surface area contributed by atoms with E-state index in [0.29, 0.717) is 6.04 Å². The predicted molar refractivity (Wildman–Crippen MR) is 115 cm³/mol. The molecule has 6 heteroatoms. The second-order valence-corrected chi connectivity index (χ2v) is 8.26. The normalized spacial score (nSPS) is 17.3. The van der Waals surface area contributed by atoms with E-state index < -0.39 is 0 Å². The van der Waals surface area contributed by atoms with Crippen LogP contribution in [0.5, 0.6) is 0 Å². The van der Waals surface area contributed by atoms with Crippen LogP contribution in [0.4, 0.5) is 5.13 Å². The summed E-state index contributed by atoms with van der Waals surface area (Å²) in [5.41, 5.74) is 3.49. The lowest BCUT2D eigenvalue weighted by Gasteiger charge is -2.33. The fourth-order valence-corrected chi connectivity index (χ4v) is 4.81. The monoisotopic (exact) mass is 389 g/mol. The molecule has 0 unspecified atom stereocenters. The minimum atomic E-state index is 0.481. The lowest BCUT2D eigenvalue weighted by Crippen LogP contribution is -2.45. The number of fused-ring (bicyclic) bond motifs is 1. The van der Waals surface area contributed by atoms with Crippen molar-refractivity contribution in [3.8, 4) is 5.69 Å². The molecule has 142 valence electrons. The van der Waals surface area contributed by atoms with Gasteiger partial charge in [-0.3, -0.25) is 0 Å². The Balaban J connectivity index is 1.24. The topological polar surface area (TPSA) is 46.0 Å². The van der Waals surface area contributed by atoms with Gasteiger partial charge in [-0.05, 0) is 48.7 Å². The standard InChI is InChI=1S/C22H23N5S/c1-2-10-21-20(9-1)25-22(28-21)26-12-4-7-18(16-26)23-15-17-6-3-8-19(14-17)27-13-5-11-24-27/h1-3,5-6,8-11,13-14,18,23H,4,7,12,15-16H2/t18-/m1/s1. The van der Waals surface area contributed by atoms with Crippen molar-refractivity contribution in [2.24, 2.45) is 0 Å². The van der Waals surface area contributed by atoms with Crippen molar-refractivity contribution in [3.63, 3.8) is 0 Å². The van der Waals surface area contributed by atoms with E-state index in [9.17, 15) is 0 Å². The van der Waals surface area contributed by atoms with Crippen LogP contribution in [-0.4, -0.2) is 33.9 Å². The third-order valence-electron chi connectivity index (χ3n) is 5.25. The third-order valence-corrected chi connectivity index (χ3v) is 6.35. The molecular formula is C22H23N5S. The molecule has 1 fully saturated rings. The molecule has 0 radical (unpaired) electrons. The Morgan fingerprint density at radius 1 is 1.11 bits per heavy atom.